The Morgan fingerprint density at radius 2 is 1.82 bits per heavy atom. The molecule has 0 saturated heterocycles. The van der Waals surface area contributed by atoms with E-state index in [4.69, 9.17) is 4.42 Å². The smallest absolute Gasteiger partial charge is 0.138 e. The summed E-state index contributed by atoms with van der Waals surface area (Å²) in [5, 5.41) is 1.97. The fraction of sp³-hybridized carbons (Fsp3) is 0.222. The lowest BCUT2D eigenvalue weighted by molar-refractivity contribution is 0.383. The maximum Gasteiger partial charge on any atom is 0.138 e. The predicted octanol–water partition coefficient (Wildman–Crippen LogP) is 4.60. The molecular formula is C18H17FN2O. The van der Waals surface area contributed by atoms with Crippen molar-refractivity contribution in [3.8, 4) is 0 Å². The molecule has 1 aromatic heterocycles. The van der Waals surface area contributed by atoms with Crippen LogP contribution in [0.5, 0.6) is 0 Å². The van der Waals surface area contributed by atoms with Gasteiger partial charge in [-0.2, -0.15) is 0 Å². The van der Waals surface area contributed by atoms with Crippen LogP contribution < -0.4 is 4.90 Å². The molecule has 0 saturated carbocycles. The minimum Gasteiger partial charge on any atom is -0.456 e. The van der Waals surface area contributed by atoms with Crippen LogP contribution in [0.3, 0.4) is 0 Å². The highest BCUT2D eigenvalue weighted by Gasteiger charge is 2.22. The third kappa shape index (κ3) is 1.80. The second-order valence-corrected chi connectivity index (χ2v) is 5.88. The molecule has 4 heteroatoms. The first-order valence-electron chi connectivity index (χ1n) is 7.35. The monoisotopic (exact) mass is 296 g/mol. The van der Waals surface area contributed by atoms with Gasteiger partial charge in [0.15, 0.2) is 0 Å². The van der Waals surface area contributed by atoms with Gasteiger partial charge >= 0.3 is 0 Å². The summed E-state index contributed by atoms with van der Waals surface area (Å²) in [7, 11) is 2.06. The van der Waals surface area contributed by atoms with Crippen LogP contribution in [0.25, 0.3) is 21.9 Å². The Morgan fingerprint density at radius 3 is 2.55 bits per heavy atom. The molecule has 112 valence electrons. The number of fused-ring (bicyclic) bond motifs is 3. The minimum atomic E-state index is -0.277. The molecule has 4 rings (SSSR count). The summed E-state index contributed by atoms with van der Waals surface area (Å²) in [5.74, 6) is -0.277. The number of benzene rings is 2. The van der Waals surface area contributed by atoms with Crippen LogP contribution in [-0.2, 0) is 0 Å². The number of aryl methyl sites for hydroxylation is 1. The number of hydrogen-bond acceptors (Lipinski definition) is 3. The van der Waals surface area contributed by atoms with E-state index in [2.05, 4.69) is 49.2 Å². The predicted molar refractivity (Wildman–Crippen MR) is 87.3 cm³/mol. The molecule has 0 amide bonds. The van der Waals surface area contributed by atoms with Crippen LogP contribution in [0.2, 0.25) is 0 Å². The van der Waals surface area contributed by atoms with E-state index in [-0.39, 0.29) is 12.0 Å². The van der Waals surface area contributed by atoms with Crippen LogP contribution in [0.15, 0.2) is 47.1 Å². The molecule has 0 radical (unpaired) electrons. The Kier molecular flexibility index (Phi) is 2.70. The van der Waals surface area contributed by atoms with Crippen molar-refractivity contribution in [2.24, 2.45) is 0 Å². The molecule has 1 atom stereocenters. The first-order valence-corrected chi connectivity index (χ1v) is 7.35. The van der Waals surface area contributed by atoms with Gasteiger partial charge in [0, 0.05) is 42.0 Å². The van der Waals surface area contributed by atoms with Crippen molar-refractivity contribution >= 4 is 27.6 Å². The summed E-state index contributed by atoms with van der Waals surface area (Å²) < 4.78 is 19.2. The van der Waals surface area contributed by atoms with Crippen LogP contribution in [0, 0.1) is 12.7 Å². The SMILES string of the molecule is Cc1cc2oc3cc(F)ccc3c2cc1N1C=CN(C)C1C. The van der Waals surface area contributed by atoms with Crippen molar-refractivity contribution < 1.29 is 8.81 Å². The number of anilines is 1. The lowest BCUT2D eigenvalue weighted by atomic mass is 10.1. The molecule has 2 aromatic carbocycles. The van der Waals surface area contributed by atoms with E-state index in [0.29, 0.717) is 5.58 Å². The van der Waals surface area contributed by atoms with E-state index < -0.39 is 0 Å². The van der Waals surface area contributed by atoms with Gasteiger partial charge in [-0.25, -0.2) is 4.39 Å². The van der Waals surface area contributed by atoms with Crippen LogP contribution >= 0.6 is 0 Å². The van der Waals surface area contributed by atoms with Gasteiger partial charge in [-0.15, -0.1) is 0 Å². The molecule has 1 unspecified atom stereocenters. The third-order valence-corrected chi connectivity index (χ3v) is 4.48. The van der Waals surface area contributed by atoms with Crippen molar-refractivity contribution in [3.63, 3.8) is 0 Å². The molecule has 0 aliphatic carbocycles. The Morgan fingerprint density at radius 1 is 1.05 bits per heavy atom. The fourth-order valence-corrected chi connectivity index (χ4v) is 3.07. The van der Waals surface area contributed by atoms with Gasteiger partial charge in [0.1, 0.15) is 23.1 Å². The van der Waals surface area contributed by atoms with Crippen molar-refractivity contribution in [2.45, 2.75) is 20.0 Å². The van der Waals surface area contributed by atoms with E-state index in [9.17, 15) is 4.39 Å². The average molecular weight is 296 g/mol. The lowest BCUT2D eigenvalue weighted by Gasteiger charge is -2.28. The lowest BCUT2D eigenvalue weighted by Crippen LogP contribution is -2.33. The van der Waals surface area contributed by atoms with Gasteiger partial charge in [0.2, 0.25) is 0 Å². The zero-order valence-electron chi connectivity index (χ0n) is 12.8. The van der Waals surface area contributed by atoms with Gasteiger partial charge in [0.25, 0.3) is 0 Å². The largest absolute Gasteiger partial charge is 0.456 e. The molecule has 0 fully saturated rings. The maximum atomic E-state index is 13.4. The zero-order chi connectivity index (χ0) is 15.4. The van der Waals surface area contributed by atoms with Gasteiger partial charge in [0.05, 0.1) is 0 Å². The van der Waals surface area contributed by atoms with Crippen molar-refractivity contribution in [2.75, 3.05) is 11.9 Å². The van der Waals surface area contributed by atoms with Crippen LogP contribution in [-0.4, -0.2) is 18.1 Å². The third-order valence-electron chi connectivity index (χ3n) is 4.48. The molecule has 0 N–H and O–H groups in total. The Bertz CT molecular complexity index is 912. The highest BCUT2D eigenvalue weighted by molar-refractivity contribution is 6.06. The Labute approximate surface area is 128 Å². The second kappa shape index (κ2) is 4.50. The summed E-state index contributed by atoms with van der Waals surface area (Å²) in [6.45, 7) is 4.23. The number of halogens is 1. The van der Waals surface area contributed by atoms with E-state index in [0.717, 1.165) is 27.6 Å². The van der Waals surface area contributed by atoms with E-state index >= 15 is 0 Å². The Balaban J connectivity index is 1.95. The average Bonchev–Trinajstić information content (AvgIpc) is 2.98. The highest BCUT2D eigenvalue weighted by Crippen LogP contribution is 2.36. The summed E-state index contributed by atoms with van der Waals surface area (Å²) in [6.07, 6.45) is 4.42. The quantitative estimate of drug-likeness (QED) is 0.654. The van der Waals surface area contributed by atoms with Crippen molar-refractivity contribution in [1.29, 1.82) is 0 Å². The summed E-state index contributed by atoms with van der Waals surface area (Å²) in [5.41, 5.74) is 3.67. The van der Waals surface area contributed by atoms with Gasteiger partial charge in [-0.05, 0) is 43.7 Å². The van der Waals surface area contributed by atoms with Gasteiger partial charge in [-0.1, -0.05) is 0 Å². The maximum absolute atomic E-state index is 13.4. The van der Waals surface area contributed by atoms with Gasteiger partial charge < -0.3 is 14.2 Å². The molecule has 3 nitrogen and oxygen atoms in total. The van der Waals surface area contributed by atoms with Crippen LogP contribution in [0.4, 0.5) is 10.1 Å². The summed E-state index contributed by atoms with van der Waals surface area (Å²) in [4.78, 5) is 4.39. The topological polar surface area (TPSA) is 19.6 Å². The molecule has 2 heterocycles. The van der Waals surface area contributed by atoms with Gasteiger partial charge in [-0.3, -0.25) is 0 Å². The Hall–Kier alpha value is -2.49. The van der Waals surface area contributed by atoms with E-state index in [1.54, 1.807) is 6.07 Å². The number of furan rings is 1. The second-order valence-electron chi connectivity index (χ2n) is 5.88. The fourth-order valence-electron chi connectivity index (χ4n) is 3.07. The molecule has 3 aromatic rings. The number of rotatable bonds is 1. The molecular weight excluding hydrogens is 279 g/mol. The molecule has 1 aliphatic heterocycles. The van der Waals surface area contributed by atoms with E-state index in [1.165, 1.54) is 12.1 Å². The normalized spacial score (nSPS) is 18.1. The highest BCUT2D eigenvalue weighted by atomic mass is 19.1. The van der Waals surface area contributed by atoms with E-state index in [1.807, 2.05) is 6.07 Å². The number of nitrogens with zero attached hydrogens (tertiary/aromatic N) is 2. The zero-order valence-corrected chi connectivity index (χ0v) is 12.8. The van der Waals surface area contributed by atoms with Crippen molar-refractivity contribution in [3.05, 3.63) is 54.1 Å². The van der Waals surface area contributed by atoms with Crippen molar-refractivity contribution in [1.82, 2.24) is 4.90 Å². The molecule has 22 heavy (non-hydrogen) atoms. The first kappa shape index (κ1) is 13.2. The molecule has 0 spiro atoms. The number of hydrogen-bond donors (Lipinski definition) is 0. The summed E-state index contributed by atoms with van der Waals surface area (Å²) >= 11 is 0. The molecule has 1 aliphatic rings. The summed E-state index contributed by atoms with van der Waals surface area (Å²) in [6, 6.07) is 8.86. The minimum absolute atomic E-state index is 0.270. The first-order chi connectivity index (χ1) is 10.5. The standard InChI is InChI=1S/C18H17FN2O/c1-11-8-17-15(14-5-4-13(19)9-18(14)22-17)10-16(11)21-7-6-20(3)12(21)2/h4-10,12H,1-3H3. The van der Waals surface area contributed by atoms with Crippen LogP contribution in [0.1, 0.15) is 12.5 Å². The molecule has 0 bridgehead atoms.